The summed E-state index contributed by atoms with van der Waals surface area (Å²) in [6.45, 7) is 0. The van der Waals surface area contributed by atoms with Gasteiger partial charge >= 0.3 is 0 Å². The minimum absolute atomic E-state index is 0.0753. The van der Waals surface area contributed by atoms with Gasteiger partial charge < -0.3 is 20.4 Å². The minimum Gasteiger partial charge on any atom is -0.508 e. The molecule has 4 aromatic carbocycles. The summed E-state index contributed by atoms with van der Waals surface area (Å²) in [6.07, 6.45) is 0. The van der Waals surface area contributed by atoms with Crippen LogP contribution in [0.3, 0.4) is 0 Å². The van der Waals surface area contributed by atoms with Crippen molar-refractivity contribution in [3.8, 4) is 23.0 Å². The molecule has 4 aromatic rings. The monoisotopic (exact) mass is 320 g/mol. The number of phenols is 4. The number of aromatic hydroxyl groups is 4. The Bertz CT molecular complexity index is 931. The first-order valence-corrected chi connectivity index (χ1v) is 7.35. The van der Waals surface area contributed by atoms with Gasteiger partial charge in [-0.2, -0.15) is 0 Å². The van der Waals surface area contributed by atoms with Crippen molar-refractivity contribution in [3.05, 3.63) is 72.8 Å². The second-order valence-electron chi connectivity index (χ2n) is 5.40. The largest absolute Gasteiger partial charge is 0.508 e. The maximum Gasteiger partial charge on any atom is 0.158 e. The zero-order valence-corrected chi connectivity index (χ0v) is 12.7. The number of phenolic OH excluding ortho intramolecular Hbond substituents is 4. The smallest absolute Gasteiger partial charge is 0.158 e. The van der Waals surface area contributed by atoms with Gasteiger partial charge in [-0.1, -0.05) is 36.4 Å². The van der Waals surface area contributed by atoms with Crippen LogP contribution in [0.2, 0.25) is 0 Å². The van der Waals surface area contributed by atoms with Gasteiger partial charge in [-0.25, -0.2) is 0 Å². The molecule has 4 rings (SSSR count). The van der Waals surface area contributed by atoms with E-state index in [9.17, 15) is 0 Å². The predicted octanol–water partition coefficient (Wildman–Crippen LogP) is 4.50. The van der Waals surface area contributed by atoms with E-state index >= 15 is 0 Å². The molecule has 0 unspecified atom stereocenters. The van der Waals surface area contributed by atoms with Gasteiger partial charge in [-0.15, -0.1) is 0 Å². The van der Waals surface area contributed by atoms with Gasteiger partial charge in [-0.3, -0.25) is 0 Å². The summed E-state index contributed by atoms with van der Waals surface area (Å²) >= 11 is 0. The van der Waals surface area contributed by atoms with E-state index in [1.807, 2.05) is 36.4 Å². The number of hydrogen-bond donors (Lipinski definition) is 4. The highest BCUT2D eigenvalue weighted by Gasteiger charge is 2.00. The van der Waals surface area contributed by atoms with E-state index in [2.05, 4.69) is 0 Å². The Morgan fingerprint density at radius 3 is 1.33 bits per heavy atom. The third-order valence-corrected chi connectivity index (χ3v) is 3.65. The van der Waals surface area contributed by atoms with Crippen LogP contribution in [-0.2, 0) is 0 Å². The van der Waals surface area contributed by atoms with E-state index in [0.29, 0.717) is 0 Å². The molecule has 0 amide bonds. The van der Waals surface area contributed by atoms with Crippen molar-refractivity contribution in [2.75, 3.05) is 0 Å². The second kappa shape index (κ2) is 6.38. The lowest BCUT2D eigenvalue weighted by Crippen LogP contribution is -1.72. The molecule has 4 heteroatoms. The van der Waals surface area contributed by atoms with Crippen LogP contribution < -0.4 is 0 Å². The first kappa shape index (κ1) is 15.5. The molecule has 0 heterocycles. The zero-order valence-electron chi connectivity index (χ0n) is 12.7. The molecule has 4 N–H and O–H groups in total. The van der Waals surface area contributed by atoms with Gasteiger partial charge in [0.2, 0.25) is 0 Å². The second-order valence-corrected chi connectivity index (χ2v) is 5.40. The quantitative estimate of drug-likeness (QED) is 0.360. The summed E-state index contributed by atoms with van der Waals surface area (Å²) in [7, 11) is 0. The normalized spacial score (nSPS) is 10.3. The van der Waals surface area contributed by atoms with Gasteiger partial charge in [0.15, 0.2) is 11.5 Å². The van der Waals surface area contributed by atoms with E-state index < -0.39 is 0 Å². The molecule has 0 radical (unpaired) electrons. The molecule has 24 heavy (non-hydrogen) atoms. The Hall–Kier alpha value is -3.40. The number of rotatable bonds is 0. The van der Waals surface area contributed by atoms with Crippen molar-refractivity contribution in [2.24, 2.45) is 0 Å². The Kier molecular flexibility index (Phi) is 4.12. The molecular formula is C20H16O4. The molecule has 0 saturated carbocycles. The molecule has 0 saturated heterocycles. The highest BCUT2D eigenvalue weighted by Crippen LogP contribution is 2.29. The standard InChI is InChI=1S/2C10H8O2/c11-9-3-1-7-2-4-10(12)6-8(7)5-9;11-9-5-7-3-1-2-4-8(7)6-10(9)12/h2*1-6,11-12H. The summed E-state index contributed by atoms with van der Waals surface area (Å²) < 4.78 is 0. The average molecular weight is 320 g/mol. The Morgan fingerprint density at radius 2 is 0.875 bits per heavy atom. The van der Waals surface area contributed by atoms with Gasteiger partial charge in [-0.05, 0) is 57.9 Å². The predicted molar refractivity (Wildman–Crippen MR) is 94.6 cm³/mol. The average Bonchev–Trinajstić information content (AvgIpc) is 2.56. The SMILES string of the molecule is Oc1cc2ccccc2cc1O.Oc1ccc2ccc(O)cc2c1. The lowest BCUT2D eigenvalue weighted by molar-refractivity contribution is 0.405. The Morgan fingerprint density at radius 1 is 0.417 bits per heavy atom. The minimum atomic E-state index is -0.0753. The summed E-state index contributed by atoms with van der Waals surface area (Å²) in [4.78, 5) is 0. The van der Waals surface area contributed by atoms with Crippen LogP contribution in [0.1, 0.15) is 0 Å². The van der Waals surface area contributed by atoms with E-state index in [1.54, 1.807) is 36.4 Å². The van der Waals surface area contributed by atoms with E-state index in [4.69, 9.17) is 20.4 Å². The fourth-order valence-corrected chi connectivity index (χ4v) is 2.44. The first-order valence-electron chi connectivity index (χ1n) is 7.35. The third kappa shape index (κ3) is 3.33. The summed E-state index contributed by atoms with van der Waals surface area (Å²) in [5.74, 6) is 0.281. The molecule has 0 spiro atoms. The number of fused-ring (bicyclic) bond motifs is 2. The van der Waals surface area contributed by atoms with Crippen LogP contribution in [0.25, 0.3) is 21.5 Å². The highest BCUT2D eigenvalue weighted by molar-refractivity contribution is 5.86. The molecule has 0 aliphatic heterocycles. The van der Waals surface area contributed by atoms with Crippen LogP contribution in [0.5, 0.6) is 23.0 Å². The third-order valence-electron chi connectivity index (χ3n) is 3.65. The topological polar surface area (TPSA) is 80.9 Å². The Balaban J connectivity index is 0.000000141. The molecule has 0 aliphatic rings. The molecular weight excluding hydrogens is 304 g/mol. The number of hydrogen-bond acceptors (Lipinski definition) is 4. The van der Waals surface area contributed by atoms with Gasteiger partial charge in [0.05, 0.1) is 0 Å². The van der Waals surface area contributed by atoms with Crippen molar-refractivity contribution in [1.29, 1.82) is 0 Å². The summed E-state index contributed by atoms with van der Waals surface area (Å²) in [5, 5.41) is 40.3. The van der Waals surface area contributed by atoms with Gasteiger partial charge in [0.25, 0.3) is 0 Å². The molecule has 0 aliphatic carbocycles. The molecule has 4 nitrogen and oxygen atoms in total. The van der Waals surface area contributed by atoms with Crippen LogP contribution in [-0.4, -0.2) is 20.4 Å². The van der Waals surface area contributed by atoms with E-state index in [1.165, 1.54) is 0 Å². The van der Waals surface area contributed by atoms with Crippen molar-refractivity contribution >= 4 is 21.5 Å². The van der Waals surface area contributed by atoms with Crippen molar-refractivity contribution in [2.45, 2.75) is 0 Å². The first-order chi connectivity index (χ1) is 11.5. The van der Waals surface area contributed by atoms with Crippen LogP contribution in [0, 0.1) is 0 Å². The summed E-state index contributed by atoms with van der Waals surface area (Å²) in [5.41, 5.74) is 0. The lowest BCUT2D eigenvalue weighted by Gasteiger charge is -2.00. The van der Waals surface area contributed by atoms with Crippen molar-refractivity contribution in [3.63, 3.8) is 0 Å². The van der Waals surface area contributed by atoms with Crippen molar-refractivity contribution in [1.82, 2.24) is 0 Å². The molecule has 0 bridgehead atoms. The Labute approximate surface area is 138 Å². The zero-order chi connectivity index (χ0) is 17.1. The fourth-order valence-electron chi connectivity index (χ4n) is 2.44. The fraction of sp³-hybridized carbons (Fsp3) is 0. The maximum atomic E-state index is 9.17. The summed E-state index contributed by atoms with van der Waals surface area (Å²) in [6, 6.07) is 20.7. The molecule has 120 valence electrons. The van der Waals surface area contributed by atoms with Crippen LogP contribution in [0.4, 0.5) is 0 Å². The lowest BCUT2D eigenvalue weighted by atomic mass is 10.1. The molecule has 0 fully saturated rings. The number of benzene rings is 4. The van der Waals surface area contributed by atoms with E-state index in [0.717, 1.165) is 21.5 Å². The van der Waals surface area contributed by atoms with Crippen LogP contribution in [0.15, 0.2) is 72.8 Å². The highest BCUT2D eigenvalue weighted by atomic mass is 16.3. The molecule has 0 aromatic heterocycles. The molecule has 0 atom stereocenters. The van der Waals surface area contributed by atoms with E-state index in [-0.39, 0.29) is 23.0 Å². The van der Waals surface area contributed by atoms with Gasteiger partial charge in [0.1, 0.15) is 11.5 Å². The van der Waals surface area contributed by atoms with Crippen molar-refractivity contribution < 1.29 is 20.4 Å². The maximum absolute atomic E-state index is 9.17. The van der Waals surface area contributed by atoms with Gasteiger partial charge in [0, 0.05) is 0 Å². The van der Waals surface area contributed by atoms with Crippen LogP contribution >= 0.6 is 0 Å².